The fourth-order valence-electron chi connectivity index (χ4n) is 5.13. The molecule has 2 N–H and O–H groups in total. The number of likely N-dealkylation sites (tertiary alicyclic amines) is 1. The molecule has 4 atom stereocenters. The number of guanidine groups is 1. The number of fused-ring (bicyclic) bond motifs is 6. The molecule has 0 amide bonds. The van der Waals surface area contributed by atoms with Gasteiger partial charge in [-0.15, -0.1) is 24.0 Å². The zero-order valence-electron chi connectivity index (χ0n) is 15.5. The van der Waals surface area contributed by atoms with Gasteiger partial charge in [0.1, 0.15) is 0 Å². The molecule has 146 valence electrons. The second kappa shape index (κ2) is 7.79. The number of rotatable bonds is 3. The van der Waals surface area contributed by atoms with Gasteiger partial charge in [0.15, 0.2) is 5.96 Å². The number of benzene rings is 1. The molecule has 3 fully saturated rings. The zero-order valence-corrected chi connectivity index (χ0v) is 18.5. The van der Waals surface area contributed by atoms with Crippen LogP contribution in [-0.2, 0) is 11.2 Å². The van der Waals surface area contributed by atoms with Crippen LogP contribution in [0.15, 0.2) is 29.4 Å². The summed E-state index contributed by atoms with van der Waals surface area (Å²) in [6.07, 6.45) is 6.49. The smallest absolute Gasteiger partial charge is 0.193 e. The molecule has 3 aliphatic heterocycles. The lowest BCUT2D eigenvalue weighted by Gasteiger charge is -2.23. The summed E-state index contributed by atoms with van der Waals surface area (Å²) >= 11 is 6.15. The Morgan fingerprint density at radius 2 is 2.04 bits per heavy atom. The molecule has 4 unspecified atom stereocenters. The highest BCUT2D eigenvalue weighted by atomic mass is 127. The number of aromatic amines is 1. The SMILES string of the molecule is CN=C(NCCc1c[nH]c2ccc(Cl)cc12)N1CC2C3CCC(O3)C2C1.I. The molecule has 5 rings (SSSR count). The number of aromatic nitrogens is 1. The molecule has 1 aromatic heterocycles. The normalized spacial score (nSPS) is 29.3. The summed E-state index contributed by atoms with van der Waals surface area (Å²) < 4.78 is 6.08. The van der Waals surface area contributed by atoms with Gasteiger partial charge in [0.2, 0.25) is 0 Å². The van der Waals surface area contributed by atoms with Crippen LogP contribution in [0.25, 0.3) is 10.9 Å². The minimum atomic E-state index is 0. The third kappa shape index (κ3) is 3.44. The van der Waals surface area contributed by atoms with Gasteiger partial charge >= 0.3 is 0 Å². The Kier molecular flexibility index (Phi) is 5.58. The van der Waals surface area contributed by atoms with E-state index in [0.29, 0.717) is 24.0 Å². The molecule has 1 aromatic carbocycles. The first kappa shape index (κ1) is 19.3. The molecule has 7 heteroatoms. The molecule has 0 spiro atoms. The molecular weight excluding hydrogens is 475 g/mol. The van der Waals surface area contributed by atoms with Crippen molar-refractivity contribution in [1.82, 2.24) is 15.2 Å². The Bertz CT molecular complexity index is 836. The number of aliphatic imine (C=N–C) groups is 1. The summed E-state index contributed by atoms with van der Waals surface area (Å²) in [6.45, 7) is 3.02. The van der Waals surface area contributed by atoms with Gasteiger partial charge < -0.3 is 19.9 Å². The average molecular weight is 501 g/mol. The van der Waals surface area contributed by atoms with E-state index < -0.39 is 0 Å². The number of hydrogen-bond acceptors (Lipinski definition) is 2. The number of nitrogens with zero attached hydrogens (tertiary/aromatic N) is 2. The summed E-state index contributed by atoms with van der Waals surface area (Å²) in [5.74, 6) is 2.42. The topological polar surface area (TPSA) is 52.7 Å². The highest BCUT2D eigenvalue weighted by molar-refractivity contribution is 14.0. The van der Waals surface area contributed by atoms with Crippen molar-refractivity contribution in [3.8, 4) is 0 Å². The summed E-state index contributed by atoms with van der Waals surface area (Å²) in [5, 5.41) is 5.54. The van der Waals surface area contributed by atoms with E-state index in [9.17, 15) is 0 Å². The maximum absolute atomic E-state index is 6.15. The molecule has 2 bridgehead atoms. The monoisotopic (exact) mass is 500 g/mol. The lowest BCUT2D eigenvalue weighted by molar-refractivity contribution is 0.0767. The van der Waals surface area contributed by atoms with Gasteiger partial charge in [-0.3, -0.25) is 4.99 Å². The maximum Gasteiger partial charge on any atom is 0.193 e. The van der Waals surface area contributed by atoms with Crippen molar-refractivity contribution in [2.24, 2.45) is 16.8 Å². The molecule has 4 heterocycles. The van der Waals surface area contributed by atoms with E-state index in [1.54, 1.807) is 0 Å². The number of halogens is 2. The first-order valence-electron chi connectivity index (χ1n) is 9.59. The lowest BCUT2D eigenvalue weighted by atomic mass is 9.82. The number of hydrogen-bond donors (Lipinski definition) is 2. The van der Waals surface area contributed by atoms with Crippen molar-refractivity contribution in [2.45, 2.75) is 31.5 Å². The average Bonchev–Trinajstić information content (AvgIpc) is 3.39. The van der Waals surface area contributed by atoms with Crippen LogP contribution >= 0.6 is 35.6 Å². The van der Waals surface area contributed by atoms with Crippen molar-refractivity contribution in [3.05, 3.63) is 35.0 Å². The van der Waals surface area contributed by atoms with E-state index in [1.165, 1.54) is 23.8 Å². The molecule has 27 heavy (non-hydrogen) atoms. The molecular formula is C20H26ClIN4O. The van der Waals surface area contributed by atoms with Gasteiger partial charge in [-0.2, -0.15) is 0 Å². The predicted molar refractivity (Wildman–Crippen MR) is 120 cm³/mol. The van der Waals surface area contributed by atoms with E-state index in [0.717, 1.165) is 42.6 Å². The first-order chi connectivity index (χ1) is 12.7. The molecule has 0 radical (unpaired) electrons. The zero-order chi connectivity index (χ0) is 17.7. The second-order valence-corrected chi connectivity index (χ2v) is 8.19. The van der Waals surface area contributed by atoms with E-state index in [1.807, 2.05) is 25.2 Å². The van der Waals surface area contributed by atoms with E-state index >= 15 is 0 Å². The Labute approximate surface area is 181 Å². The highest BCUT2D eigenvalue weighted by Crippen LogP contribution is 2.47. The maximum atomic E-state index is 6.15. The molecule has 0 aliphatic carbocycles. The summed E-state index contributed by atoms with van der Waals surface area (Å²) in [6, 6.07) is 5.99. The van der Waals surface area contributed by atoms with Crippen LogP contribution in [0.3, 0.4) is 0 Å². The first-order valence-corrected chi connectivity index (χ1v) is 9.97. The van der Waals surface area contributed by atoms with Crippen molar-refractivity contribution in [2.75, 3.05) is 26.7 Å². The molecule has 0 saturated carbocycles. The second-order valence-electron chi connectivity index (χ2n) is 7.75. The predicted octanol–water partition coefficient (Wildman–Crippen LogP) is 3.67. The minimum absolute atomic E-state index is 0. The number of H-pyrrole nitrogens is 1. The Morgan fingerprint density at radius 1 is 1.30 bits per heavy atom. The summed E-state index contributed by atoms with van der Waals surface area (Å²) in [7, 11) is 1.88. The van der Waals surface area contributed by atoms with Gasteiger partial charge in [-0.25, -0.2) is 0 Å². The van der Waals surface area contributed by atoms with E-state index in [4.69, 9.17) is 16.3 Å². The Morgan fingerprint density at radius 3 is 2.74 bits per heavy atom. The standard InChI is InChI=1S/C20H25ClN4O.HI/c1-22-20(25-10-15-16(11-25)19-5-4-18(15)26-19)23-7-6-12-9-24-17-3-2-13(21)8-14(12)17;/h2-3,8-9,15-16,18-19,24H,4-7,10-11H2,1H3,(H,22,23);1H. The van der Waals surface area contributed by atoms with Gasteiger partial charge in [-0.1, -0.05) is 11.6 Å². The van der Waals surface area contributed by atoms with Crippen molar-refractivity contribution >= 4 is 52.4 Å². The lowest BCUT2D eigenvalue weighted by Crippen LogP contribution is -2.42. The van der Waals surface area contributed by atoms with Crippen molar-refractivity contribution < 1.29 is 4.74 Å². The number of ether oxygens (including phenoxy) is 1. The van der Waals surface area contributed by atoms with E-state index in [-0.39, 0.29) is 24.0 Å². The van der Waals surface area contributed by atoms with Crippen LogP contribution in [0, 0.1) is 11.8 Å². The highest BCUT2D eigenvalue weighted by Gasteiger charge is 2.53. The summed E-state index contributed by atoms with van der Waals surface area (Å²) in [4.78, 5) is 10.3. The minimum Gasteiger partial charge on any atom is -0.374 e. The Hall–Kier alpha value is -0.990. The molecule has 3 saturated heterocycles. The van der Waals surface area contributed by atoms with Gasteiger partial charge in [-0.05, 0) is 43.0 Å². The van der Waals surface area contributed by atoms with Crippen LogP contribution in [0.5, 0.6) is 0 Å². The third-order valence-corrected chi connectivity index (χ3v) is 6.61. The van der Waals surface area contributed by atoms with Gasteiger partial charge in [0.05, 0.1) is 12.2 Å². The van der Waals surface area contributed by atoms with Crippen LogP contribution < -0.4 is 5.32 Å². The third-order valence-electron chi connectivity index (χ3n) is 6.37. The fourth-order valence-corrected chi connectivity index (χ4v) is 5.30. The van der Waals surface area contributed by atoms with Crippen LogP contribution in [0.4, 0.5) is 0 Å². The largest absolute Gasteiger partial charge is 0.374 e. The molecule has 2 aromatic rings. The quantitative estimate of drug-likeness (QED) is 0.384. The van der Waals surface area contributed by atoms with Gasteiger partial charge in [0, 0.05) is 60.6 Å². The van der Waals surface area contributed by atoms with Crippen LogP contribution in [0.2, 0.25) is 5.02 Å². The number of nitrogens with one attached hydrogen (secondary N) is 2. The Balaban J connectivity index is 0.00000180. The van der Waals surface area contributed by atoms with Gasteiger partial charge in [0.25, 0.3) is 0 Å². The van der Waals surface area contributed by atoms with E-state index in [2.05, 4.69) is 26.4 Å². The fraction of sp³-hybridized carbons (Fsp3) is 0.550. The molecule has 3 aliphatic rings. The van der Waals surface area contributed by atoms with Crippen LogP contribution in [0.1, 0.15) is 18.4 Å². The van der Waals surface area contributed by atoms with Crippen molar-refractivity contribution in [3.63, 3.8) is 0 Å². The van der Waals surface area contributed by atoms with Crippen molar-refractivity contribution in [1.29, 1.82) is 0 Å². The molecule has 5 nitrogen and oxygen atoms in total. The summed E-state index contributed by atoms with van der Waals surface area (Å²) in [5.41, 5.74) is 2.42. The van der Waals surface area contributed by atoms with Crippen LogP contribution in [-0.4, -0.2) is 54.7 Å².